The maximum Gasteiger partial charge on any atom is 0.0347 e. The van der Waals surface area contributed by atoms with Gasteiger partial charge in [-0.25, -0.2) is 0 Å². The third kappa shape index (κ3) is 4.02. The van der Waals surface area contributed by atoms with Crippen molar-refractivity contribution in [1.29, 1.82) is 0 Å². The summed E-state index contributed by atoms with van der Waals surface area (Å²) in [4.78, 5) is 2.82. The van der Waals surface area contributed by atoms with Gasteiger partial charge in [0.25, 0.3) is 0 Å². The summed E-state index contributed by atoms with van der Waals surface area (Å²) in [6.07, 6.45) is 7.18. The molecule has 0 amide bonds. The second-order valence-electron chi connectivity index (χ2n) is 9.15. The van der Waals surface area contributed by atoms with E-state index in [0.717, 1.165) is 42.2 Å². The van der Waals surface area contributed by atoms with Crippen LogP contribution in [0.4, 0.5) is 0 Å². The van der Waals surface area contributed by atoms with Crippen LogP contribution >= 0.6 is 0 Å². The third-order valence-electron chi connectivity index (χ3n) is 7.17. The van der Waals surface area contributed by atoms with Crippen molar-refractivity contribution >= 4 is 0 Å². The first-order valence-corrected chi connectivity index (χ1v) is 10.1. The van der Waals surface area contributed by atoms with Gasteiger partial charge in [0.15, 0.2) is 0 Å². The fourth-order valence-electron chi connectivity index (χ4n) is 4.83. The van der Waals surface area contributed by atoms with Gasteiger partial charge < -0.3 is 10.2 Å². The smallest absolute Gasteiger partial charge is 0.0347 e. The van der Waals surface area contributed by atoms with Crippen LogP contribution in [0.3, 0.4) is 0 Å². The fraction of sp³-hybridized carbons (Fsp3) is 0.905. The zero-order valence-electron chi connectivity index (χ0n) is 15.9. The number of rotatable bonds is 7. The number of likely N-dealkylation sites (tertiary alicyclic amines) is 1. The van der Waals surface area contributed by atoms with E-state index in [1.807, 2.05) is 0 Å². The number of hydrogen-bond acceptors (Lipinski definition) is 2. The van der Waals surface area contributed by atoms with Gasteiger partial charge in [0.05, 0.1) is 0 Å². The van der Waals surface area contributed by atoms with E-state index in [1.54, 1.807) is 0 Å². The molecule has 6 unspecified atom stereocenters. The van der Waals surface area contributed by atoms with Crippen molar-refractivity contribution in [1.82, 2.24) is 10.2 Å². The molecule has 0 radical (unpaired) electrons. The Bertz CT molecular complexity index is 416. The number of fused-ring (bicyclic) bond motifs is 1. The van der Waals surface area contributed by atoms with Crippen molar-refractivity contribution < 1.29 is 0 Å². The predicted octanol–water partition coefficient (Wildman–Crippen LogP) is 4.32. The lowest BCUT2D eigenvalue weighted by molar-refractivity contribution is 0.150. The largest absolute Gasteiger partial charge is 0.309 e. The van der Waals surface area contributed by atoms with Crippen molar-refractivity contribution in [3.05, 3.63) is 12.2 Å². The predicted molar refractivity (Wildman–Crippen MR) is 99.5 cm³/mol. The fourth-order valence-corrected chi connectivity index (χ4v) is 4.83. The van der Waals surface area contributed by atoms with E-state index in [0.29, 0.717) is 6.04 Å². The van der Waals surface area contributed by atoms with Crippen molar-refractivity contribution in [2.24, 2.45) is 29.6 Å². The molecule has 3 aliphatic rings. The standard InChI is InChI=1S/C21H38N2/c1-14(2)16(4)13-22-21-17(5)19(21)9-11-23-10-8-18-7-6-15(3)12-20(18)23/h14-16,18-22H,5-13H2,1-4H3. The summed E-state index contributed by atoms with van der Waals surface area (Å²) in [6, 6.07) is 1.51. The molecule has 2 nitrogen and oxygen atoms in total. The summed E-state index contributed by atoms with van der Waals surface area (Å²) in [5.74, 6) is 4.22. The normalized spacial score (nSPS) is 38.8. The molecule has 0 aromatic heterocycles. The molecule has 1 saturated heterocycles. The number of nitrogens with one attached hydrogen (secondary N) is 1. The minimum absolute atomic E-state index is 0.611. The topological polar surface area (TPSA) is 15.3 Å². The zero-order chi connectivity index (χ0) is 16.6. The Morgan fingerprint density at radius 3 is 2.74 bits per heavy atom. The second-order valence-corrected chi connectivity index (χ2v) is 9.15. The molecule has 2 saturated carbocycles. The lowest BCUT2D eigenvalue weighted by Gasteiger charge is -2.35. The Balaban J connectivity index is 1.40. The van der Waals surface area contributed by atoms with Gasteiger partial charge in [-0.3, -0.25) is 0 Å². The Kier molecular flexibility index (Phi) is 5.53. The van der Waals surface area contributed by atoms with Gasteiger partial charge in [0, 0.05) is 18.0 Å². The Morgan fingerprint density at radius 2 is 2.00 bits per heavy atom. The van der Waals surface area contributed by atoms with Crippen LogP contribution in [-0.4, -0.2) is 36.6 Å². The summed E-state index contributed by atoms with van der Waals surface area (Å²) in [7, 11) is 0. The van der Waals surface area contributed by atoms with Gasteiger partial charge >= 0.3 is 0 Å². The molecule has 2 aliphatic carbocycles. The molecule has 6 atom stereocenters. The molecule has 0 spiro atoms. The van der Waals surface area contributed by atoms with E-state index in [9.17, 15) is 0 Å². The number of hydrogen-bond donors (Lipinski definition) is 1. The molecule has 0 aromatic carbocycles. The summed E-state index contributed by atoms with van der Waals surface area (Å²) in [5, 5.41) is 3.76. The van der Waals surface area contributed by atoms with Crippen LogP contribution in [0.15, 0.2) is 12.2 Å². The molecule has 3 rings (SSSR count). The third-order valence-corrected chi connectivity index (χ3v) is 7.17. The van der Waals surface area contributed by atoms with E-state index >= 15 is 0 Å². The first-order valence-electron chi connectivity index (χ1n) is 10.1. The lowest BCUT2D eigenvalue weighted by atomic mass is 9.79. The van der Waals surface area contributed by atoms with Crippen LogP contribution < -0.4 is 5.32 Å². The van der Waals surface area contributed by atoms with Gasteiger partial charge in [-0.2, -0.15) is 0 Å². The SMILES string of the molecule is C=C1C(CCN2CCC3CCC(C)CC32)C1NCC(C)C(C)C. The van der Waals surface area contributed by atoms with E-state index in [2.05, 4.69) is 44.5 Å². The molecule has 1 heterocycles. The van der Waals surface area contributed by atoms with Gasteiger partial charge in [-0.15, -0.1) is 0 Å². The molecule has 0 aromatic rings. The van der Waals surface area contributed by atoms with Crippen LogP contribution in [-0.2, 0) is 0 Å². The summed E-state index contributed by atoms with van der Waals surface area (Å²) >= 11 is 0. The number of nitrogens with zero attached hydrogens (tertiary/aromatic N) is 1. The van der Waals surface area contributed by atoms with Crippen LogP contribution in [0.25, 0.3) is 0 Å². The molecule has 23 heavy (non-hydrogen) atoms. The molecular formula is C21H38N2. The van der Waals surface area contributed by atoms with Crippen molar-refractivity contribution in [2.75, 3.05) is 19.6 Å². The second kappa shape index (κ2) is 7.27. The van der Waals surface area contributed by atoms with Gasteiger partial charge in [-0.05, 0) is 69.0 Å². The van der Waals surface area contributed by atoms with E-state index in [-0.39, 0.29) is 0 Å². The van der Waals surface area contributed by atoms with Gasteiger partial charge in [0.2, 0.25) is 0 Å². The highest BCUT2D eigenvalue weighted by molar-refractivity contribution is 5.31. The highest BCUT2D eigenvalue weighted by Gasteiger charge is 2.43. The molecular weight excluding hydrogens is 280 g/mol. The quantitative estimate of drug-likeness (QED) is 0.703. The average molecular weight is 319 g/mol. The van der Waals surface area contributed by atoms with Crippen LogP contribution in [0, 0.1) is 29.6 Å². The average Bonchev–Trinajstić information content (AvgIpc) is 2.95. The molecule has 1 aliphatic heterocycles. The monoisotopic (exact) mass is 318 g/mol. The van der Waals surface area contributed by atoms with Crippen molar-refractivity contribution in [3.8, 4) is 0 Å². The first-order chi connectivity index (χ1) is 11.0. The van der Waals surface area contributed by atoms with E-state index in [1.165, 1.54) is 50.8 Å². The first kappa shape index (κ1) is 17.5. The Hall–Kier alpha value is -0.340. The van der Waals surface area contributed by atoms with Crippen LogP contribution in [0.2, 0.25) is 0 Å². The Morgan fingerprint density at radius 1 is 1.22 bits per heavy atom. The highest BCUT2D eigenvalue weighted by Crippen LogP contribution is 2.42. The van der Waals surface area contributed by atoms with Gasteiger partial charge in [0.1, 0.15) is 0 Å². The van der Waals surface area contributed by atoms with Crippen LogP contribution in [0.5, 0.6) is 0 Å². The van der Waals surface area contributed by atoms with Crippen molar-refractivity contribution in [3.63, 3.8) is 0 Å². The summed E-state index contributed by atoms with van der Waals surface area (Å²) < 4.78 is 0. The summed E-state index contributed by atoms with van der Waals surface area (Å²) in [5.41, 5.74) is 1.47. The van der Waals surface area contributed by atoms with Gasteiger partial charge in [-0.1, -0.05) is 46.3 Å². The van der Waals surface area contributed by atoms with Crippen molar-refractivity contribution in [2.45, 2.75) is 71.9 Å². The van der Waals surface area contributed by atoms with E-state index < -0.39 is 0 Å². The maximum atomic E-state index is 4.31. The molecule has 3 fully saturated rings. The lowest BCUT2D eigenvalue weighted by Crippen LogP contribution is -2.37. The molecule has 2 heteroatoms. The van der Waals surface area contributed by atoms with Crippen LogP contribution in [0.1, 0.15) is 59.8 Å². The molecule has 1 N–H and O–H groups in total. The minimum Gasteiger partial charge on any atom is -0.309 e. The summed E-state index contributed by atoms with van der Waals surface area (Å²) in [6.45, 7) is 17.5. The molecule has 132 valence electrons. The minimum atomic E-state index is 0.611. The zero-order valence-corrected chi connectivity index (χ0v) is 15.9. The highest BCUT2D eigenvalue weighted by atomic mass is 15.2. The maximum absolute atomic E-state index is 4.31. The molecule has 0 bridgehead atoms. The Labute approximate surface area is 144 Å². The van der Waals surface area contributed by atoms with E-state index in [4.69, 9.17) is 0 Å².